The van der Waals surface area contributed by atoms with Crippen molar-refractivity contribution in [3.63, 3.8) is 0 Å². The van der Waals surface area contributed by atoms with Gasteiger partial charge in [-0.3, -0.25) is 4.79 Å². The highest BCUT2D eigenvalue weighted by Gasteiger charge is 2.29. The third-order valence-corrected chi connectivity index (χ3v) is 3.86. The predicted molar refractivity (Wildman–Crippen MR) is 94.3 cm³/mol. The molecule has 0 bridgehead atoms. The molecule has 2 unspecified atom stereocenters. The van der Waals surface area contributed by atoms with E-state index in [0.717, 1.165) is 12.0 Å². The van der Waals surface area contributed by atoms with E-state index in [2.05, 4.69) is 12.5 Å². The molecule has 0 amide bonds. The summed E-state index contributed by atoms with van der Waals surface area (Å²) in [5, 5.41) is 0. The van der Waals surface area contributed by atoms with Gasteiger partial charge >= 0.3 is 0 Å². The van der Waals surface area contributed by atoms with E-state index in [-0.39, 0.29) is 11.7 Å². The van der Waals surface area contributed by atoms with Gasteiger partial charge in [0.25, 0.3) is 0 Å². The Morgan fingerprint density at radius 2 is 2.13 bits per heavy atom. The van der Waals surface area contributed by atoms with Crippen molar-refractivity contribution in [3.8, 4) is 12.3 Å². The quantitative estimate of drug-likeness (QED) is 0.341. The van der Waals surface area contributed by atoms with Gasteiger partial charge in [-0.05, 0) is 18.1 Å². The zero-order valence-electron chi connectivity index (χ0n) is 13.2. The van der Waals surface area contributed by atoms with Crippen LogP contribution < -0.4 is 0 Å². The number of terminal acetylenes is 1. The van der Waals surface area contributed by atoms with Crippen molar-refractivity contribution in [1.29, 1.82) is 0 Å². The molecule has 1 aromatic carbocycles. The van der Waals surface area contributed by atoms with Gasteiger partial charge in [-0.2, -0.15) is 0 Å². The highest BCUT2D eigenvalue weighted by molar-refractivity contribution is 6.23. The zero-order valence-corrected chi connectivity index (χ0v) is 13.2. The van der Waals surface area contributed by atoms with Crippen molar-refractivity contribution in [2.45, 2.75) is 6.42 Å². The number of benzene rings is 1. The van der Waals surface area contributed by atoms with E-state index in [9.17, 15) is 4.79 Å². The second-order valence-electron chi connectivity index (χ2n) is 5.23. The number of ether oxygens (including phenoxy) is 1. The van der Waals surface area contributed by atoms with Crippen LogP contribution in [0.4, 0.5) is 0 Å². The van der Waals surface area contributed by atoms with E-state index in [1.54, 1.807) is 6.08 Å². The standard InChI is InChI=1S/C21H20O2/c1-4-18(16-12-8-6-9-13-16)21(22)20(19(5-2)23-3)17-14-10-7-11-15-17/h1,5-12,14-16,18H,2,13H2,3H3/b20-19-. The maximum Gasteiger partial charge on any atom is 0.182 e. The second-order valence-corrected chi connectivity index (χ2v) is 5.23. The second kappa shape index (κ2) is 8.00. The summed E-state index contributed by atoms with van der Waals surface area (Å²) in [4.78, 5) is 13.1. The number of carbonyl (C=O) groups excluding carboxylic acids is 1. The fourth-order valence-electron chi connectivity index (χ4n) is 2.69. The minimum Gasteiger partial charge on any atom is -0.496 e. The van der Waals surface area contributed by atoms with Gasteiger partial charge in [0.15, 0.2) is 5.78 Å². The normalized spacial score (nSPS) is 18.5. The molecule has 0 N–H and O–H groups in total. The molecule has 1 aliphatic carbocycles. The molecule has 0 saturated carbocycles. The average Bonchev–Trinajstić information content (AvgIpc) is 2.61. The molecule has 0 spiro atoms. The summed E-state index contributed by atoms with van der Waals surface area (Å²) in [7, 11) is 1.53. The first-order chi connectivity index (χ1) is 11.2. The van der Waals surface area contributed by atoms with Crippen LogP contribution >= 0.6 is 0 Å². The van der Waals surface area contributed by atoms with Gasteiger partial charge in [0.2, 0.25) is 0 Å². The first-order valence-corrected chi connectivity index (χ1v) is 7.52. The van der Waals surface area contributed by atoms with Crippen LogP contribution in [0, 0.1) is 24.2 Å². The lowest BCUT2D eigenvalue weighted by atomic mass is 9.80. The van der Waals surface area contributed by atoms with Crippen LogP contribution in [0.3, 0.4) is 0 Å². The highest BCUT2D eigenvalue weighted by atomic mass is 16.5. The third-order valence-electron chi connectivity index (χ3n) is 3.86. The Kier molecular flexibility index (Phi) is 5.77. The van der Waals surface area contributed by atoms with Gasteiger partial charge in [-0.15, -0.1) is 6.42 Å². The van der Waals surface area contributed by atoms with E-state index in [4.69, 9.17) is 11.2 Å². The lowest BCUT2D eigenvalue weighted by Gasteiger charge is -2.21. The fourth-order valence-corrected chi connectivity index (χ4v) is 2.69. The number of carbonyl (C=O) groups is 1. The number of allylic oxidation sites excluding steroid dienone is 6. The molecular weight excluding hydrogens is 284 g/mol. The Balaban J connectivity index is 2.47. The van der Waals surface area contributed by atoms with Crippen LogP contribution in [0.15, 0.2) is 73.1 Å². The summed E-state index contributed by atoms with van der Waals surface area (Å²) >= 11 is 0. The minimum absolute atomic E-state index is 0.000802. The zero-order chi connectivity index (χ0) is 16.7. The number of hydrogen-bond acceptors (Lipinski definition) is 2. The van der Waals surface area contributed by atoms with Crippen molar-refractivity contribution in [2.75, 3.05) is 7.11 Å². The third kappa shape index (κ3) is 3.70. The number of ketones is 1. The Morgan fingerprint density at radius 1 is 1.39 bits per heavy atom. The monoisotopic (exact) mass is 304 g/mol. The van der Waals surface area contributed by atoms with Crippen molar-refractivity contribution in [3.05, 3.63) is 78.6 Å². The Labute approximate surface area is 137 Å². The molecule has 116 valence electrons. The van der Waals surface area contributed by atoms with E-state index < -0.39 is 5.92 Å². The molecule has 1 aromatic rings. The number of hydrogen-bond donors (Lipinski definition) is 0. The average molecular weight is 304 g/mol. The summed E-state index contributed by atoms with van der Waals surface area (Å²) in [6.07, 6.45) is 15.9. The highest BCUT2D eigenvalue weighted by Crippen LogP contribution is 2.30. The molecule has 0 aromatic heterocycles. The maximum absolute atomic E-state index is 13.1. The summed E-state index contributed by atoms with van der Waals surface area (Å²) < 4.78 is 5.36. The van der Waals surface area contributed by atoms with Crippen molar-refractivity contribution >= 4 is 11.4 Å². The predicted octanol–water partition coefficient (Wildman–Crippen LogP) is 4.18. The van der Waals surface area contributed by atoms with Gasteiger partial charge in [0.05, 0.1) is 18.6 Å². The molecule has 0 fully saturated rings. The van der Waals surface area contributed by atoms with Crippen LogP contribution in [0.2, 0.25) is 0 Å². The topological polar surface area (TPSA) is 26.3 Å². The van der Waals surface area contributed by atoms with Crippen LogP contribution in [0.25, 0.3) is 5.57 Å². The first kappa shape index (κ1) is 16.6. The van der Waals surface area contributed by atoms with Crippen LogP contribution in [0.5, 0.6) is 0 Å². The molecule has 1 aliphatic rings. The molecule has 2 nitrogen and oxygen atoms in total. The number of Topliss-reactive ketones (excluding diaryl/α,β-unsaturated/α-hetero) is 1. The van der Waals surface area contributed by atoms with Crippen molar-refractivity contribution in [1.82, 2.24) is 0 Å². The van der Waals surface area contributed by atoms with Crippen molar-refractivity contribution in [2.24, 2.45) is 11.8 Å². The molecule has 0 heterocycles. The molecular formula is C21H20O2. The van der Waals surface area contributed by atoms with Gasteiger partial charge in [0, 0.05) is 5.92 Å². The van der Waals surface area contributed by atoms with Crippen LogP contribution in [0.1, 0.15) is 12.0 Å². The smallest absolute Gasteiger partial charge is 0.182 e. The largest absolute Gasteiger partial charge is 0.496 e. The minimum atomic E-state index is -0.531. The van der Waals surface area contributed by atoms with E-state index >= 15 is 0 Å². The lowest BCUT2D eigenvalue weighted by molar-refractivity contribution is -0.116. The molecule has 0 aliphatic heterocycles. The Hall–Kier alpha value is -2.79. The summed E-state index contributed by atoms with van der Waals surface area (Å²) in [5.74, 6) is 2.47. The molecule has 0 saturated heterocycles. The van der Waals surface area contributed by atoms with Gasteiger partial charge < -0.3 is 4.74 Å². The SMILES string of the molecule is C#CC(C(=O)/C(=C(/C=C)OC)c1ccccc1)C1C=CC=CC1. The number of rotatable bonds is 6. The van der Waals surface area contributed by atoms with Gasteiger partial charge in [0.1, 0.15) is 5.76 Å². The Bertz CT molecular complexity index is 699. The molecule has 0 radical (unpaired) electrons. The summed E-state index contributed by atoms with van der Waals surface area (Å²) in [6, 6.07) is 9.42. The van der Waals surface area contributed by atoms with Crippen LogP contribution in [-0.2, 0) is 9.53 Å². The molecule has 2 atom stereocenters. The summed E-state index contributed by atoms with van der Waals surface area (Å²) in [6.45, 7) is 3.75. The Morgan fingerprint density at radius 3 is 2.65 bits per heavy atom. The van der Waals surface area contributed by atoms with E-state index in [1.165, 1.54) is 7.11 Å². The van der Waals surface area contributed by atoms with Gasteiger partial charge in [-0.1, -0.05) is 67.1 Å². The molecule has 23 heavy (non-hydrogen) atoms. The number of methoxy groups -OCH3 is 1. The fraction of sp³-hybridized carbons (Fsp3) is 0.190. The van der Waals surface area contributed by atoms with Crippen molar-refractivity contribution < 1.29 is 9.53 Å². The lowest BCUT2D eigenvalue weighted by Crippen LogP contribution is -2.23. The first-order valence-electron chi connectivity index (χ1n) is 7.52. The summed E-state index contributed by atoms with van der Waals surface area (Å²) in [5.41, 5.74) is 1.26. The maximum atomic E-state index is 13.1. The van der Waals surface area contributed by atoms with E-state index in [0.29, 0.717) is 11.3 Å². The van der Waals surface area contributed by atoms with E-state index in [1.807, 2.05) is 54.6 Å². The molecule has 2 heteroatoms. The van der Waals surface area contributed by atoms with Gasteiger partial charge in [-0.25, -0.2) is 0 Å². The van der Waals surface area contributed by atoms with Crippen LogP contribution in [-0.4, -0.2) is 12.9 Å². The molecule has 2 rings (SSSR count).